The summed E-state index contributed by atoms with van der Waals surface area (Å²) in [7, 11) is 0. The van der Waals surface area contributed by atoms with Gasteiger partial charge in [0.2, 0.25) is 6.08 Å². The Morgan fingerprint density at radius 3 is 2.89 bits per heavy atom. The molecule has 48 valence electrons. The smallest absolute Gasteiger partial charge is 1.00 e. The number of nitrogens with zero attached hydrogens (tertiary/aromatic N) is 1. The number of hydrogen-bond acceptors (Lipinski definition) is 2. The van der Waals surface area contributed by atoms with Crippen LogP contribution in [0.5, 0.6) is 0 Å². The van der Waals surface area contributed by atoms with Crippen molar-refractivity contribution >= 4 is 29.1 Å². The van der Waals surface area contributed by atoms with Crippen LogP contribution in [0.2, 0.25) is 0 Å². The Bertz CT molecular complexity index is 115. The number of rotatable bonds is 4. The van der Waals surface area contributed by atoms with Crippen LogP contribution >= 0.6 is 0 Å². The van der Waals surface area contributed by atoms with Crippen LogP contribution in [0.15, 0.2) is 17.6 Å². The predicted molar refractivity (Wildman–Crippen MR) is 40.4 cm³/mol. The van der Waals surface area contributed by atoms with Gasteiger partial charge in [-0.05, 0) is 12.8 Å². The van der Waals surface area contributed by atoms with Crippen molar-refractivity contribution in [3.8, 4) is 0 Å². The normalized spacial score (nSPS) is 6.67. The first-order valence-electron chi connectivity index (χ1n) is 2.56. The van der Waals surface area contributed by atoms with Gasteiger partial charge in [-0.25, -0.2) is 9.79 Å². The molecule has 0 aliphatic rings. The quantitative estimate of drug-likeness (QED) is 0.188. The molecule has 0 unspecified atom stereocenters. The molecule has 2 nitrogen and oxygen atoms in total. The van der Waals surface area contributed by atoms with Gasteiger partial charge in [-0.1, -0.05) is 6.08 Å². The Kier molecular flexibility index (Phi) is 14.0. The van der Waals surface area contributed by atoms with Crippen LogP contribution in [0.3, 0.4) is 0 Å². The molecule has 0 heterocycles. The van der Waals surface area contributed by atoms with Gasteiger partial charge in [-0.3, -0.25) is 0 Å². The van der Waals surface area contributed by atoms with Crippen molar-refractivity contribution in [3.05, 3.63) is 12.7 Å². The monoisotopic (exact) mass is 137 g/mol. The standard InChI is InChI=1S/C6H9NO.Mg.2H/c1-2-3-4-5-7-6-8;;;/h2H,1,3-5H2;;;/q;+2;2*-1. The molecular weight excluding hydrogens is 126 g/mol. The molecule has 0 rings (SSSR count). The second-order valence-corrected chi connectivity index (χ2v) is 1.40. The van der Waals surface area contributed by atoms with Crippen LogP contribution in [-0.2, 0) is 4.79 Å². The van der Waals surface area contributed by atoms with Gasteiger partial charge in [0.1, 0.15) is 0 Å². The Morgan fingerprint density at radius 1 is 1.78 bits per heavy atom. The number of carbonyl (C=O) groups excluding carboxylic acids is 1. The molecule has 0 fully saturated rings. The summed E-state index contributed by atoms with van der Waals surface area (Å²) in [4.78, 5) is 12.8. The molecule has 0 aliphatic carbocycles. The van der Waals surface area contributed by atoms with Crippen molar-refractivity contribution in [3.63, 3.8) is 0 Å². The fraction of sp³-hybridized carbons (Fsp3) is 0.500. The van der Waals surface area contributed by atoms with Crippen molar-refractivity contribution in [1.29, 1.82) is 0 Å². The molecule has 0 spiro atoms. The van der Waals surface area contributed by atoms with Crippen molar-refractivity contribution < 1.29 is 7.65 Å². The molecule has 0 saturated carbocycles. The molecule has 3 heteroatoms. The molecule has 0 saturated heterocycles. The van der Waals surface area contributed by atoms with E-state index in [1.165, 1.54) is 6.08 Å². The molecule has 0 aliphatic heterocycles. The van der Waals surface area contributed by atoms with Gasteiger partial charge in [0.05, 0.1) is 6.54 Å². The third-order valence-corrected chi connectivity index (χ3v) is 0.743. The summed E-state index contributed by atoms with van der Waals surface area (Å²) in [5, 5.41) is 0. The Hall–Kier alpha value is -0.114. The fourth-order valence-corrected chi connectivity index (χ4v) is 0.360. The maximum Gasteiger partial charge on any atom is 2.00 e. The Balaban J connectivity index is -0.0000000817. The average Bonchev–Trinajstić information content (AvgIpc) is 1.81. The number of hydrogen-bond donors (Lipinski definition) is 0. The van der Waals surface area contributed by atoms with Crippen LogP contribution in [0.25, 0.3) is 0 Å². The summed E-state index contributed by atoms with van der Waals surface area (Å²) in [6.45, 7) is 4.10. The van der Waals surface area contributed by atoms with E-state index in [1.807, 2.05) is 0 Å². The zero-order chi connectivity index (χ0) is 6.24. The van der Waals surface area contributed by atoms with Crippen molar-refractivity contribution in [2.45, 2.75) is 12.8 Å². The van der Waals surface area contributed by atoms with Gasteiger partial charge < -0.3 is 2.85 Å². The minimum Gasteiger partial charge on any atom is -1.00 e. The predicted octanol–water partition coefficient (Wildman–Crippen LogP) is 1.13. The molecule has 0 aromatic rings. The molecule has 9 heavy (non-hydrogen) atoms. The minimum absolute atomic E-state index is 0. The molecule has 0 aromatic carbocycles. The van der Waals surface area contributed by atoms with E-state index in [1.54, 1.807) is 6.08 Å². The van der Waals surface area contributed by atoms with Crippen molar-refractivity contribution in [2.75, 3.05) is 6.54 Å². The molecule has 0 radical (unpaired) electrons. The SMILES string of the molecule is C=CCCCN=C=O.[H-].[H-].[Mg+2]. The van der Waals surface area contributed by atoms with Crippen LogP contribution in [0.1, 0.15) is 15.7 Å². The second kappa shape index (κ2) is 10.8. The van der Waals surface area contributed by atoms with Crippen LogP contribution in [0, 0.1) is 0 Å². The van der Waals surface area contributed by atoms with Gasteiger partial charge in [0.25, 0.3) is 0 Å². The van der Waals surface area contributed by atoms with Gasteiger partial charge in [0.15, 0.2) is 0 Å². The molecule has 0 aromatic heterocycles. The summed E-state index contributed by atoms with van der Waals surface area (Å²) in [6, 6.07) is 0. The molecule has 0 amide bonds. The average molecular weight is 137 g/mol. The zero-order valence-corrected chi connectivity index (χ0v) is 6.88. The number of isocyanates is 1. The summed E-state index contributed by atoms with van der Waals surface area (Å²) in [6.07, 6.45) is 5.10. The first kappa shape index (κ1) is 11.7. The summed E-state index contributed by atoms with van der Waals surface area (Å²) in [5.74, 6) is 0. The van der Waals surface area contributed by atoms with Gasteiger partial charge in [-0.2, -0.15) is 0 Å². The van der Waals surface area contributed by atoms with Crippen molar-refractivity contribution in [2.24, 2.45) is 4.99 Å². The zero-order valence-electron chi connectivity index (χ0n) is 7.47. The maximum atomic E-state index is 9.45. The van der Waals surface area contributed by atoms with E-state index in [2.05, 4.69) is 11.6 Å². The fourth-order valence-electron chi connectivity index (χ4n) is 0.360. The maximum absolute atomic E-state index is 9.45. The van der Waals surface area contributed by atoms with Crippen LogP contribution in [-0.4, -0.2) is 35.7 Å². The number of aliphatic imine (C=N–C) groups is 1. The molecule has 0 atom stereocenters. The van der Waals surface area contributed by atoms with Crippen LogP contribution in [0.4, 0.5) is 0 Å². The van der Waals surface area contributed by atoms with E-state index in [0.29, 0.717) is 6.54 Å². The molecular formula is C6H11MgNO. The molecule has 0 bridgehead atoms. The van der Waals surface area contributed by atoms with Crippen LogP contribution < -0.4 is 0 Å². The number of allylic oxidation sites excluding steroid dienone is 1. The first-order chi connectivity index (χ1) is 3.91. The van der Waals surface area contributed by atoms with Gasteiger partial charge in [0, 0.05) is 0 Å². The summed E-state index contributed by atoms with van der Waals surface area (Å²) < 4.78 is 0. The summed E-state index contributed by atoms with van der Waals surface area (Å²) >= 11 is 0. The largest absolute Gasteiger partial charge is 2.00 e. The van der Waals surface area contributed by atoms with Gasteiger partial charge in [-0.15, -0.1) is 6.58 Å². The van der Waals surface area contributed by atoms with E-state index in [0.717, 1.165) is 12.8 Å². The first-order valence-corrected chi connectivity index (χ1v) is 2.56. The van der Waals surface area contributed by atoms with E-state index in [-0.39, 0.29) is 25.9 Å². The summed E-state index contributed by atoms with van der Waals surface area (Å²) in [5.41, 5.74) is 0. The second-order valence-electron chi connectivity index (χ2n) is 1.40. The number of unbranched alkanes of at least 4 members (excludes halogenated alkanes) is 1. The third kappa shape index (κ3) is 11.4. The third-order valence-electron chi connectivity index (χ3n) is 0.743. The topological polar surface area (TPSA) is 29.4 Å². The van der Waals surface area contributed by atoms with Gasteiger partial charge >= 0.3 is 23.1 Å². The van der Waals surface area contributed by atoms with E-state index in [4.69, 9.17) is 0 Å². The van der Waals surface area contributed by atoms with E-state index >= 15 is 0 Å². The van der Waals surface area contributed by atoms with Crippen molar-refractivity contribution in [1.82, 2.24) is 0 Å². The Labute approximate surface area is 74.2 Å². The Morgan fingerprint density at radius 2 is 2.44 bits per heavy atom. The minimum atomic E-state index is 0. The molecule has 0 N–H and O–H groups in total. The van der Waals surface area contributed by atoms with E-state index in [9.17, 15) is 4.79 Å². The van der Waals surface area contributed by atoms with E-state index < -0.39 is 0 Å².